The summed E-state index contributed by atoms with van der Waals surface area (Å²) in [6.45, 7) is 0. The van der Waals surface area contributed by atoms with E-state index in [1.165, 1.54) is 6.08 Å². The lowest BCUT2D eigenvalue weighted by molar-refractivity contribution is -0.115. The van der Waals surface area contributed by atoms with E-state index in [-0.39, 0.29) is 16.9 Å². The fourth-order valence-corrected chi connectivity index (χ4v) is 2.97. The number of imide groups is 1. The smallest absolute Gasteiger partial charge is 0.289 e. The monoisotopic (exact) mass is 369 g/mol. The Labute approximate surface area is 153 Å². The first-order valence-electron chi connectivity index (χ1n) is 7.34. The molecule has 4 nitrogen and oxygen atoms in total. The zero-order valence-corrected chi connectivity index (χ0v) is 14.4. The van der Waals surface area contributed by atoms with Gasteiger partial charge in [0.15, 0.2) is 5.78 Å². The van der Waals surface area contributed by atoms with Crippen molar-refractivity contribution < 1.29 is 14.4 Å². The summed E-state index contributed by atoms with van der Waals surface area (Å²) >= 11 is 6.68. The van der Waals surface area contributed by atoms with Gasteiger partial charge in [-0.25, -0.2) is 0 Å². The zero-order valence-electron chi connectivity index (χ0n) is 12.9. The van der Waals surface area contributed by atoms with Gasteiger partial charge in [-0.3, -0.25) is 19.7 Å². The largest absolute Gasteiger partial charge is 0.290 e. The third kappa shape index (κ3) is 4.47. The SMILES string of the molecule is O=C1NC(=O)/C(=C/c2ccc(/C=C/C(=O)c3ccc(Cl)cc3)cc2)S1. The lowest BCUT2D eigenvalue weighted by Crippen LogP contribution is -2.17. The average Bonchev–Trinajstić information content (AvgIpc) is 2.92. The zero-order chi connectivity index (χ0) is 17.8. The second-order valence-corrected chi connectivity index (χ2v) is 6.67. The van der Waals surface area contributed by atoms with Crippen LogP contribution in [-0.2, 0) is 4.79 Å². The van der Waals surface area contributed by atoms with Crippen LogP contribution in [0, 0.1) is 0 Å². The first-order valence-corrected chi connectivity index (χ1v) is 8.53. The molecule has 1 heterocycles. The van der Waals surface area contributed by atoms with Gasteiger partial charge in [-0.15, -0.1) is 0 Å². The standard InChI is InChI=1S/C19H12ClNO3S/c20-15-8-6-14(7-9-15)16(22)10-5-12-1-3-13(4-2-12)11-17-18(23)21-19(24)25-17/h1-11H,(H,21,23,24)/b10-5+,17-11-. The maximum absolute atomic E-state index is 12.1. The van der Waals surface area contributed by atoms with E-state index in [2.05, 4.69) is 5.32 Å². The third-order valence-corrected chi connectivity index (χ3v) is 4.49. The first kappa shape index (κ1) is 17.2. The maximum Gasteiger partial charge on any atom is 0.290 e. The van der Waals surface area contributed by atoms with Crippen molar-refractivity contribution in [3.63, 3.8) is 0 Å². The number of hydrogen-bond acceptors (Lipinski definition) is 4. The van der Waals surface area contributed by atoms with Crippen LogP contribution in [0.5, 0.6) is 0 Å². The van der Waals surface area contributed by atoms with Crippen molar-refractivity contribution in [1.82, 2.24) is 5.32 Å². The molecule has 6 heteroatoms. The lowest BCUT2D eigenvalue weighted by Gasteiger charge is -1.98. The summed E-state index contributed by atoms with van der Waals surface area (Å²) in [5, 5.41) is 2.43. The van der Waals surface area contributed by atoms with Crippen molar-refractivity contribution in [1.29, 1.82) is 0 Å². The van der Waals surface area contributed by atoms with Crippen molar-refractivity contribution in [3.05, 3.63) is 81.2 Å². The van der Waals surface area contributed by atoms with Gasteiger partial charge in [0.25, 0.3) is 11.1 Å². The van der Waals surface area contributed by atoms with Crippen molar-refractivity contribution in [3.8, 4) is 0 Å². The first-order chi connectivity index (χ1) is 12.0. The van der Waals surface area contributed by atoms with Crippen LogP contribution in [0.15, 0.2) is 59.5 Å². The van der Waals surface area contributed by atoms with Crippen molar-refractivity contribution in [2.75, 3.05) is 0 Å². The summed E-state index contributed by atoms with van der Waals surface area (Å²) in [7, 11) is 0. The van der Waals surface area contributed by atoms with E-state index >= 15 is 0 Å². The molecule has 3 rings (SSSR count). The molecule has 0 atom stereocenters. The summed E-state index contributed by atoms with van der Waals surface area (Å²) in [5.74, 6) is -0.493. The molecule has 1 aliphatic heterocycles. The predicted octanol–water partition coefficient (Wildman–Crippen LogP) is 4.56. The fourth-order valence-electron chi connectivity index (χ4n) is 2.16. The summed E-state index contributed by atoms with van der Waals surface area (Å²) in [4.78, 5) is 35.1. The number of hydrogen-bond donors (Lipinski definition) is 1. The molecule has 1 N–H and O–H groups in total. The van der Waals surface area contributed by atoms with Crippen LogP contribution in [0.4, 0.5) is 4.79 Å². The van der Waals surface area contributed by atoms with Crippen LogP contribution in [0.25, 0.3) is 12.2 Å². The van der Waals surface area contributed by atoms with E-state index in [4.69, 9.17) is 11.6 Å². The number of benzene rings is 2. The Morgan fingerprint density at radius 2 is 1.60 bits per heavy atom. The minimum Gasteiger partial charge on any atom is -0.289 e. The van der Waals surface area contributed by atoms with E-state index in [0.29, 0.717) is 15.5 Å². The number of halogens is 1. The van der Waals surface area contributed by atoms with Crippen LogP contribution in [0.2, 0.25) is 5.02 Å². The highest BCUT2D eigenvalue weighted by Crippen LogP contribution is 2.25. The molecule has 0 radical (unpaired) electrons. The number of thioether (sulfide) groups is 1. The fraction of sp³-hybridized carbons (Fsp3) is 0. The Bertz CT molecular complexity index is 899. The van der Waals surface area contributed by atoms with Gasteiger partial charge in [-0.1, -0.05) is 41.9 Å². The molecule has 1 fully saturated rings. The van der Waals surface area contributed by atoms with Gasteiger partial charge >= 0.3 is 0 Å². The molecule has 0 unspecified atom stereocenters. The Balaban J connectivity index is 1.69. The van der Waals surface area contributed by atoms with Crippen LogP contribution >= 0.6 is 23.4 Å². The molecule has 2 amide bonds. The van der Waals surface area contributed by atoms with E-state index in [1.54, 1.807) is 36.4 Å². The summed E-state index contributed by atoms with van der Waals surface area (Å²) < 4.78 is 0. The molecule has 1 aliphatic rings. The van der Waals surface area contributed by atoms with Gasteiger partial charge in [-0.2, -0.15) is 0 Å². The molecule has 0 aliphatic carbocycles. The van der Waals surface area contributed by atoms with Crippen LogP contribution in [-0.4, -0.2) is 16.9 Å². The van der Waals surface area contributed by atoms with E-state index in [9.17, 15) is 14.4 Å². The average molecular weight is 370 g/mol. The molecule has 0 bridgehead atoms. The highest BCUT2D eigenvalue weighted by Gasteiger charge is 2.24. The van der Waals surface area contributed by atoms with Crippen LogP contribution in [0.1, 0.15) is 21.5 Å². The number of rotatable bonds is 4. The molecule has 0 aromatic heterocycles. The molecule has 2 aromatic carbocycles. The molecule has 25 heavy (non-hydrogen) atoms. The molecular weight excluding hydrogens is 358 g/mol. The molecule has 0 spiro atoms. The normalized spacial score (nSPS) is 15.8. The maximum atomic E-state index is 12.1. The highest BCUT2D eigenvalue weighted by molar-refractivity contribution is 8.18. The van der Waals surface area contributed by atoms with E-state index < -0.39 is 0 Å². The quantitative estimate of drug-likeness (QED) is 0.633. The molecule has 1 saturated heterocycles. The highest BCUT2D eigenvalue weighted by atomic mass is 35.5. The van der Waals surface area contributed by atoms with Crippen molar-refractivity contribution >= 4 is 52.4 Å². The minimum absolute atomic E-state index is 0.111. The second-order valence-electron chi connectivity index (χ2n) is 5.22. The van der Waals surface area contributed by atoms with Gasteiger partial charge in [0.1, 0.15) is 0 Å². The number of nitrogens with one attached hydrogen (secondary N) is 1. The number of allylic oxidation sites excluding steroid dienone is 1. The Kier molecular flexibility index (Phi) is 5.16. The van der Waals surface area contributed by atoms with Crippen LogP contribution in [0.3, 0.4) is 0 Å². The van der Waals surface area contributed by atoms with Gasteiger partial charge < -0.3 is 0 Å². The third-order valence-electron chi connectivity index (χ3n) is 3.43. The van der Waals surface area contributed by atoms with Gasteiger partial charge in [0.2, 0.25) is 0 Å². The van der Waals surface area contributed by atoms with Crippen molar-refractivity contribution in [2.24, 2.45) is 0 Å². The van der Waals surface area contributed by atoms with E-state index in [0.717, 1.165) is 22.9 Å². The number of amides is 2. The second kappa shape index (κ2) is 7.51. The number of carbonyl (C=O) groups is 3. The van der Waals surface area contributed by atoms with Gasteiger partial charge in [0.05, 0.1) is 4.91 Å². The number of carbonyl (C=O) groups excluding carboxylic acids is 3. The van der Waals surface area contributed by atoms with Crippen molar-refractivity contribution in [2.45, 2.75) is 0 Å². The van der Waals surface area contributed by atoms with Gasteiger partial charge in [0, 0.05) is 10.6 Å². The molecular formula is C19H12ClNO3S. The van der Waals surface area contributed by atoms with Gasteiger partial charge in [-0.05, 0) is 59.3 Å². The Morgan fingerprint density at radius 3 is 2.20 bits per heavy atom. The Morgan fingerprint density at radius 1 is 0.960 bits per heavy atom. The Hall–Kier alpha value is -2.63. The molecule has 0 saturated carbocycles. The molecule has 124 valence electrons. The minimum atomic E-state index is -0.382. The summed E-state index contributed by atoms with van der Waals surface area (Å²) in [5.41, 5.74) is 2.22. The predicted molar refractivity (Wildman–Crippen MR) is 100 cm³/mol. The lowest BCUT2D eigenvalue weighted by atomic mass is 10.1. The molecule has 2 aromatic rings. The number of ketones is 1. The topological polar surface area (TPSA) is 63.2 Å². The summed E-state index contributed by atoms with van der Waals surface area (Å²) in [6.07, 6.45) is 4.86. The van der Waals surface area contributed by atoms with E-state index in [1.807, 2.05) is 24.3 Å². The van der Waals surface area contributed by atoms with Crippen LogP contribution < -0.4 is 5.32 Å². The summed E-state index contributed by atoms with van der Waals surface area (Å²) in [6, 6.07) is 14.0.